The van der Waals surface area contributed by atoms with E-state index in [1.54, 1.807) is 0 Å². The molecule has 0 spiro atoms. The van der Waals surface area contributed by atoms with Gasteiger partial charge in [-0.15, -0.1) is 0 Å². The van der Waals surface area contributed by atoms with E-state index in [-0.39, 0.29) is 5.57 Å². The fourth-order valence-corrected chi connectivity index (χ4v) is 2.79. The number of cyclic esters (lactones) is 2. The lowest BCUT2D eigenvalue weighted by Gasteiger charge is -2.03. The molecule has 1 rings (SSSR count). The summed E-state index contributed by atoms with van der Waals surface area (Å²) in [5.74, 6) is -1.78. The van der Waals surface area contributed by atoms with Crippen LogP contribution >= 0.6 is 0 Å². The van der Waals surface area contributed by atoms with Crippen molar-refractivity contribution in [2.45, 2.75) is 97.2 Å². The van der Waals surface area contributed by atoms with Gasteiger partial charge in [0.25, 0.3) is 0 Å². The fourth-order valence-electron chi connectivity index (χ4n) is 2.79. The van der Waals surface area contributed by atoms with E-state index < -0.39 is 24.4 Å². The van der Waals surface area contributed by atoms with Crippen LogP contribution in [0.5, 0.6) is 0 Å². The lowest BCUT2D eigenvalue weighted by Crippen LogP contribution is -2.01. The molecule has 0 aliphatic carbocycles. The molecule has 0 aromatic rings. The maximum Gasteiger partial charge on any atom is 0.342 e. The largest absolute Gasteiger partial charge is 0.386 e. The van der Waals surface area contributed by atoms with Crippen molar-refractivity contribution in [1.29, 1.82) is 0 Å². The molecule has 0 aromatic carbocycles. The first-order valence-electron chi connectivity index (χ1n) is 10.4. The monoisotopic (exact) mass is 311 g/mol. The van der Waals surface area contributed by atoms with Crippen LogP contribution in [-0.2, 0) is 14.3 Å². The van der Waals surface area contributed by atoms with Gasteiger partial charge in [-0.3, -0.25) is 0 Å². The molecular formula is C19H32O3. The zero-order chi connectivity index (χ0) is 18.7. The van der Waals surface area contributed by atoms with Crippen molar-refractivity contribution < 1.29 is 18.4 Å². The van der Waals surface area contributed by atoms with Crippen LogP contribution in [-0.4, -0.2) is 11.9 Å². The molecule has 0 aromatic heterocycles. The second-order valence-corrected chi connectivity index (χ2v) is 6.17. The fraction of sp³-hybridized carbons (Fsp3) is 0.789. The minimum absolute atomic E-state index is 0.0529. The van der Waals surface area contributed by atoms with Crippen molar-refractivity contribution in [3.8, 4) is 0 Å². The number of carbonyl (C=O) groups is 2. The van der Waals surface area contributed by atoms with Gasteiger partial charge in [-0.1, -0.05) is 77.6 Å². The summed E-state index contributed by atoms with van der Waals surface area (Å²) >= 11 is 0. The highest BCUT2D eigenvalue weighted by Crippen LogP contribution is 2.22. The second-order valence-electron chi connectivity index (χ2n) is 6.17. The maximum absolute atomic E-state index is 11.6. The summed E-state index contributed by atoms with van der Waals surface area (Å²) in [5.41, 5.74) is -0.363. The summed E-state index contributed by atoms with van der Waals surface area (Å²) in [4.78, 5) is 23.1. The highest BCUT2D eigenvalue weighted by molar-refractivity contribution is 6.11. The van der Waals surface area contributed by atoms with Gasteiger partial charge < -0.3 is 4.74 Å². The molecule has 0 bridgehead atoms. The standard InChI is InChI=1S/C19H32O3/c1-3-4-5-6-7-8-9-10-11-12-13-14-15-17-16(2)18(20)22-19(17)21/h3-15H2,1-2H3/i2D3. The third-order valence-corrected chi connectivity index (χ3v) is 4.22. The van der Waals surface area contributed by atoms with Crippen molar-refractivity contribution in [3.63, 3.8) is 0 Å². The van der Waals surface area contributed by atoms with Gasteiger partial charge in [-0.05, 0) is 19.7 Å². The molecule has 0 unspecified atom stereocenters. The van der Waals surface area contributed by atoms with E-state index >= 15 is 0 Å². The molecule has 0 atom stereocenters. The average molecular weight is 311 g/mol. The Morgan fingerprint density at radius 2 is 1.27 bits per heavy atom. The zero-order valence-corrected chi connectivity index (χ0v) is 13.9. The maximum atomic E-state index is 11.6. The number of ether oxygens (including phenoxy) is 1. The molecule has 0 amide bonds. The van der Waals surface area contributed by atoms with E-state index in [2.05, 4.69) is 11.7 Å². The number of carbonyl (C=O) groups excluding carboxylic acids is 2. The molecule has 1 aliphatic heterocycles. The van der Waals surface area contributed by atoms with E-state index in [0.717, 1.165) is 12.8 Å². The van der Waals surface area contributed by atoms with Crippen LogP contribution in [0.1, 0.15) is 101 Å². The number of hydrogen-bond donors (Lipinski definition) is 0. The molecule has 3 nitrogen and oxygen atoms in total. The van der Waals surface area contributed by atoms with Gasteiger partial charge in [-0.25, -0.2) is 9.59 Å². The Morgan fingerprint density at radius 3 is 1.77 bits per heavy atom. The Hall–Kier alpha value is -1.12. The summed E-state index contributed by atoms with van der Waals surface area (Å²) in [6.07, 6.45) is 14.7. The molecule has 22 heavy (non-hydrogen) atoms. The van der Waals surface area contributed by atoms with Gasteiger partial charge in [0.2, 0.25) is 0 Å². The Bertz CT molecular complexity index is 467. The molecule has 0 N–H and O–H groups in total. The van der Waals surface area contributed by atoms with Crippen LogP contribution in [0.2, 0.25) is 0 Å². The molecule has 1 heterocycles. The molecule has 0 saturated heterocycles. The van der Waals surface area contributed by atoms with Gasteiger partial charge in [0.15, 0.2) is 0 Å². The molecule has 126 valence electrons. The first-order chi connectivity index (χ1) is 11.9. The molecule has 1 aliphatic rings. The average Bonchev–Trinajstić information content (AvgIpc) is 2.82. The van der Waals surface area contributed by atoms with Crippen LogP contribution in [0.25, 0.3) is 0 Å². The van der Waals surface area contributed by atoms with E-state index in [4.69, 9.17) is 4.11 Å². The van der Waals surface area contributed by atoms with Gasteiger partial charge in [0.05, 0.1) is 0 Å². The topological polar surface area (TPSA) is 43.4 Å². The second kappa shape index (κ2) is 11.4. The summed E-state index contributed by atoms with van der Waals surface area (Å²) in [5, 5.41) is 0. The van der Waals surface area contributed by atoms with E-state index in [0.29, 0.717) is 12.8 Å². The SMILES string of the molecule is [2H]C([2H])([2H])C1=C(CCCCCCCCCCCCCC)C(=O)OC1=O. The van der Waals surface area contributed by atoms with Crippen LogP contribution < -0.4 is 0 Å². The van der Waals surface area contributed by atoms with Gasteiger partial charge in [-0.2, -0.15) is 0 Å². The van der Waals surface area contributed by atoms with E-state index in [9.17, 15) is 9.59 Å². The van der Waals surface area contributed by atoms with Crippen molar-refractivity contribution in [3.05, 3.63) is 11.1 Å². The van der Waals surface area contributed by atoms with Gasteiger partial charge in [0, 0.05) is 15.3 Å². The Balaban J connectivity index is 2.12. The molecular weight excluding hydrogens is 276 g/mol. The van der Waals surface area contributed by atoms with Crippen LogP contribution in [0.4, 0.5) is 0 Å². The van der Waals surface area contributed by atoms with Crippen molar-refractivity contribution in [1.82, 2.24) is 0 Å². The van der Waals surface area contributed by atoms with Gasteiger partial charge >= 0.3 is 11.9 Å². The number of unbranched alkanes of at least 4 members (excludes halogenated alkanes) is 11. The number of hydrogen-bond acceptors (Lipinski definition) is 3. The summed E-state index contributed by atoms with van der Waals surface area (Å²) in [6, 6.07) is 0. The lowest BCUT2D eigenvalue weighted by molar-refractivity contribution is -0.151. The third-order valence-electron chi connectivity index (χ3n) is 4.22. The summed E-state index contributed by atoms with van der Waals surface area (Å²) in [6.45, 7) is -0.344. The quantitative estimate of drug-likeness (QED) is 0.257. The molecule has 3 heteroatoms. The van der Waals surface area contributed by atoms with Crippen molar-refractivity contribution in [2.75, 3.05) is 0 Å². The van der Waals surface area contributed by atoms with Crippen molar-refractivity contribution >= 4 is 11.9 Å². The van der Waals surface area contributed by atoms with Crippen LogP contribution in [0, 0.1) is 0 Å². The molecule has 0 radical (unpaired) electrons. The first-order valence-corrected chi connectivity index (χ1v) is 8.88. The number of rotatable bonds is 13. The number of esters is 2. The Morgan fingerprint density at radius 1 is 0.773 bits per heavy atom. The predicted octanol–water partition coefficient (Wildman–Crippen LogP) is 5.48. The van der Waals surface area contributed by atoms with Crippen LogP contribution in [0.3, 0.4) is 0 Å². The molecule has 0 fully saturated rings. The highest BCUT2D eigenvalue weighted by Gasteiger charge is 2.28. The van der Waals surface area contributed by atoms with Crippen LogP contribution in [0.15, 0.2) is 11.1 Å². The minimum Gasteiger partial charge on any atom is -0.386 e. The summed E-state index contributed by atoms with van der Waals surface area (Å²) < 4.78 is 26.6. The highest BCUT2D eigenvalue weighted by atomic mass is 16.6. The van der Waals surface area contributed by atoms with E-state index in [1.165, 1.54) is 57.8 Å². The third kappa shape index (κ3) is 7.24. The Labute approximate surface area is 139 Å². The Kier molecular flexibility index (Phi) is 7.53. The lowest BCUT2D eigenvalue weighted by atomic mass is 10.0. The smallest absolute Gasteiger partial charge is 0.342 e. The normalized spacial score (nSPS) is 17.4. The minimum atomic E-state index is -2.57. The predicted molar refractivity (Wildman–Crippen MR) is 89.5 cm³/mol. The summed E-state index contributed by atoms with van der Waals surface area (Å²) in [7, 11) is 0. The van der Waals surface area contributed by atoms with Crippen molar-refractivity contribution in [2.24, 2.45) is 0 Å². The van der Waals surface area contributed by atoms with E-state index in [1.807, 2.05) is 0 Å². The molecule has 0 saturated carbocycles. The zero-order valence-electron chi connectivity index (χ0n) is 16.9. The first kappa shape index (κ1) is 14.5. The van der Waals surface area contributed by atoms with Gasteiger partial charge in [0.1, 0.15) is 0 Å².